The fraction of sp³-hybridized carbons (Fsp3) is 0.417. The Morgan fingerprint density at radius 1 is 1.00 bits per heavy atom. The molecule has 0 saturated heterocycles. The van der Waals surface area contributed by atoms with Crippen LogP contribution in [0.1, 0.15) is 76.9 Å². The predicted molar refractivity (Wildman–Crippen MR) is 116 cm³/mol. The predicted octanol–water partition coefficient (Wildman–Crippen LogP) is 4.93. The minimum atomic E-state index is -0.792. The van der Waals surface area contributed by atoms with Crippen LogP contribution in [-0.2, 0) is 20.4 Å². The van der Waals surface area contributed by atoms with Gasteiger partial charge in [-0.1, -0.05) is 53.7 Å². The van der Waals surface area contributed by atoms with Crippen LogP contribution in [-0.4, -0.2) is 27.0 Å². The molecule has 0 radical (unpaired) electrons. The molecule has 160 valence electrons. The fourth-order valence-corrected chi connectivity index (χ4v) is 3.49. The van der Waals surface area contributed by atoms with Gasteiger partial charge in [0.25, 0.3) is 0 Å². The second kappa shape index (κ2) is 7.35. The molecule has 2 N–H and O–H groups in total. The van der Waals surface area contributed by atoms with E-state index in [9.17, 15) is 15.0 Å². The zero-order valence-electron chi connectivity index (χ0n) is 18.6. The van der Waals surface area contributed by atoms with Crippen LogP contribution in [0.15, 0.2) is 41.5 Å². The molecule has 1 amide bonds. The average Bonchev–Trinajstić information content (AvgIpc) is 3.05. The lowest BCUT2D eigenvalue weighted by Gasteiger charge is -2.30. The number of hydrazone groups is 1. The van der Waals surface area contributed by atoms with Crippen LogP contribution in [0.4, 0.5) is 0 Å². The molecule has 2 aromatic rings. The number of aromatic hydroxyl groups is 2. The minimum absolute atomic E-state index is 0.0249. The zero-order chi connectivity index (χ0) is 22.4. The van der Waals surface area contributed by atoms with Crippen molar-refractivity contribution in [2.75, 3.05) is 0 Å². The molecule has 0 saturated carbocycles. The van der Waals surface area contributed by atoms with Crippen LogP contribution in [0.3, 0.4) is 0 Å². The molecule has 3 rings (SSSR count). The number of para-hydroxylation sites is 1. The lowest BCUT2D eigenvalue weighted by molar-refractivity contribution is -0.135. The van der Waals surface area contributed by atoms with Gasteiger partial charge < -0.3 is 14.9 Å². The quantitative estimate of drug-likeness (QED) is 0.735. The number of benzene rings is 2. The SMILES string of the molecule is CC(=O)N1N=C(c2ccccc2O)O[C@@H]1c1cc(C(C)(C)C)c(O)c(C(C)(C)C)c1. The third-order valence-corrected chi connectivity index (χ3v) is 5.13. The molecule has 6 nitrogen and oxygen atoms in total. The standard InChI is InChI=1S/C24H30N2O4/c1-14(27)26-22(30-21(25-26)16-10-8-9-11-19(16)28)15-12-17(23(2,3)4)20(29)18(13-15)24(5,6)7/h8-13,22,28-29H,1-7H3/t22-/m1/s1. The van der Waals surface area contributed by atoms with Gasteiger partial charge in [0, 0.05) is 23.6 Å². The zero-order valence-corrected chi connectivity index (χ0v) is 18.6. The van der Waals surface area contributed by atoms with Gasteiger partial charge in [0.05, 0.1) is 5.56 Å². The van der Waals surface area contributed by atoms with Crippen molar-refractivity contribution in [2.24, 2.45) is 5.10 Å². The van der Waals surface area contributed by atoms with E-state index >= 15 is 0 Å². The lowest BCUT2D eigenvalue weighted by atomic mass is 9.78. The number of carbonyl (C=O) groups excluding carboxylic acids is 1. The van der Waals surface area contributed by atoms with Crippen LogP contribution in [0, 0.1) is 0 Å². The lowest BCUT2D eigenvalue weighted by Crippen LogP contribution is -2.26. The Morgan fingerprint density at radius 3 is 2.00 bits per heavy atom. The molecule has 6 heteroatoms. The van der Waals surface area contributed by atoms with Crippen molar-refractivity contribution >= 4 is 11.8 Å². The van der Waals surface area contributed by atoms with Crippen LogP contribution in [0.2, 0.25) is 0 Å². The number of rotatable bonds is 2. The second-order valence-electron chi connectivity index (χ2n) is 9.72. The van der Waals surface area contributed by atoms with Gasteiger partial charge in [-0.25, -0.2) is 0 Å². The Bertz CT molecular complexity index is 978. The summed E-state index contributed by atoms with van der Waals surface area (Å²) in [5.74, 6) is 0.175. The van der Waals surface area contributed by atoms with Crippen molar-refractivity contribution in [2.45, 2.75) is 65.5 Å². The number of amides is 1. The highest BCUT2D eigenvalue weighted by Crippen LogP contribution is 2.43. The highest BCUT2D eigenvalue weighted by Gasteiger charge is 2.36. The van der Waals surface area contributed by atoms with Crippen LogP contribution >= 0.6 is 0 Å². The van der Waals surface area contributed by atoms with Gasteiger partial charge in [0.15, 0.2) is 0 Å². The molecular formula is C24H30N2O4. The minimum Gasteiger partial charge on any atom is -0.507 e. The first-order chi connectivity index (χ1) is 13.8. The summed E-state index contributed by atoms with van der Waals surface area (Å²) in [4.78, 5) is 12.3. The van der Waals surface area contributed by atoms with Crippen molar-refractivity contribution in [1.82, 2.24) is 5.01 Å². The van der Waals surface area contributed by atoms with E-state index in [4.69, 9.17) is 4.74 Å². The van der Waals surface area contributed by atoms with Gasteiger partial charge in [0.2, 0.25) is 18.0 Å². The van der Waals surface area contributed by atoms with E-state index in [-0.39, 0.29) is 34.1 Å². The maximum absolute atomic E-state index is 12.3. The largest absolute Gasteiger partial charge is 0.507 e. The summed E-state index contributed by atoms with van der Waals surface area (Å²) in [6.07, 6.45) is -0.792. The van der Waals surface area contributed by atoms with Crippen LogP contribution in [0.25, 0.3) is 0 Å². The van der Waals surface area contributed by atoms with Gasteiger partial charge in [-0.3, -0.25) is 4.79 Å². The van der Waals surface area contributed by atoms with Crippen molar-refractivity contribution in [3.8, 4) is 11.5 Å². The number of phenolic OH excluding ortho intramolecular Hbond substituents is 2. The first kappa shape index (κ1) is 21.7. The Kier molecular flexibility index (Phi) is 5.31. The van der Waals surface area contributed by atoms with Crippen molar-refractivity contribution in [1.29, 1.82) is 0 Å². The molecule has 0 spiro atoms. The molecule has 1 aliphatic rings. The monoisotopic (exact) mass is 410 g/mol. The fourth-order valence-electron chi connectivity index (χ4n) is 3.49. The number of carbonyl (C=O) groups is 1. The van der Waals surface area contributed by atoms with Gasteiger partial charge in [0.1, 0.15) is 11.5 Å². The smallest absolute Gasteiger partial charge is 0.244 e. The first-order valence-corrected chi connectivity index (χ1v) is 10.0. The maximum atomic E-state index is 12.3. The molecule has 1 aliphatic heterocycles. The Labute approximate surface area is 177 Å². The number of hydrogen-bond acceptors (Lipinski definition) is 5. The van der Waals surface area contributed by atoms with Gasteiger partial charge >= 0.3 is 0 Å². The topological polar surface area (TPSA) is 82.4 Å². The number of hydrogen-bond donors (Lipinski definition) is 2. The molecule has 1 heterocycles. The summed E-state index contributed by atoms with van der Waals surface area (Å²) in [6, 6.07) is 10.4. The average molecular weight is 411 g/mol. The molecule has 0 bridgehead atoms. The van der Waals surface area contributed by atoms with Crippen LogP contribution < -0.4 is 0 Å². The number of phenols is 2. The van der Waals surface area contributed by atoms with E-state index < -0.39 is 6.23 Å². The molecular weight excluding hydrogens is 380 g/mol. The van der Waals surface area contributed by atoms with E-state index in [1.165, 1.54) is 11.9 Å². The first-order valence-electron chi connectivity index (χ1n) is 10.0. The molecule has 0 fully saturated rings. The van der Waals surface area contributed by atoms with E-state index in [2.05, 4.69) is 5.10 Å². The third kappa shape index (κ3) is 3.99. The highest BCUT2D eigenvalue weighted by atomic mass is 16.5. The van der Waals surface area contributed by atoms with Crippen molar-refractivity contribution in [3.63, 3.8) is 0 Å². The Balaban J connectivity index is 2.15. The summed E-state index contributed by atoms with van der Waals surface area (Å²) < 4.78 is 6.08. The molecule has 0 aromatic heterocycles. The van der Waals surface area contributed by atoms with Gasteiger partial charge in [-0.15, -0.1) is 5.10 Å². The highest BCUT2D eigenvalue weighted by molar-refractivity contribution is 5.98. The number of ether oxygens (including phenoxy) is 1. The Morgan fingerprint density at radius 2 is 1.53 bits per heavy atom. The van der Waals surface area contributed by atoms with Crippen LogP contribution in [0.5, 0.6) is 11.5 Å². The normalized spacial score (nSPS) is 17.0. The molecule has 0 unspecified atom stereocenters. The molecule has 0 aliphatic carbocycles. The Hall–Kier alpha value is -3.02. The second-order valence-corrected chi connectivity index (χ2v) is 9.72. The van der Waals surface area contributed by atoms with E-state index in [1.807, 2.05) is 53.7 Å². The summed E-state index contributed by atoms with van der Waals surface area (Å²) in [5.41, 5.74) is 2.03. The molecule has 2 aromatic carbocycles. The van der Waals surface area contributed by atoms with E-state index in [0.29, 0.717) is 11.1 Å². The molecule has 1 atom stereocenters. The summed E-state index contributed by atoms with van der Waals surface area (Å²) in [5, 5.41) is 26.8. The van der Waals surface area contributed by atoms with E-state index in [1.54, 1.807) is 24.3 Å². The summed E-state index contributed by atoms with van der Waals surface area (Å²) in [7, 11) is 0. The summed E-state index contributed by atoms with van der Waals surface area (Å²) >= 11 is 0. The van der Waals surface area contributed by atoms with Crippen molar-refractivity contribution < 1.29 is 19.7 Å². The number of nitrogens with zero attached hydrogens (tertiary/aromatic N) is 2. The maximum Gasteiger partial charge on any atom is 0.244 e. The third-order valence-electron chi connectivity index (χ3n) is 5.13. The summed E-state index contributed by atoms with van der Waals surface area (Å²) in [6.45, 7) is 13.6. The molecule has 30 heavy (non-hydrogen) atoms. The van der Waals surface area contributed by atoms with E-state index in [0.717, 1.165) is 11.1 Å². The van der Waals surface area contributed by atoms with Gasteiger partial charge in [-0.2, -0.15) is 5.01 Å². The van der Waals surface area contributed by atoms with Gasteiger partial charge in [-0.05, 0) is 35.1 Å². The van der Waals surface area contributed by atoms with Crippen molar-refractivity contribution in [3.05, 3.63) is 58.7 Å².